The van der Waals surface area contributed by atoms with Crippen LogP contribution >= 0.6 is 27.5 Å². The standard InChI is InChI=1S/C19H19BrClN3O/c1-13-14(3-2-4-17(13)21)11-24-12-22-19-16(20)9-15(10-18(19)24)23-5-7-25-8-6-23/h2-4,9-10,12H,5-8,11H2,1H3. The normalized spacial score (nSPS) is 15.1. The number of hydrogen-bond acceptors (Lipinski definition) is 3. The van der Waals surface area contributed by atoms with E-state index in [1.54, 1.807) is 0 Å². The first-order valence-corrected chi connectivity index (χ1v) is 9.51. The Labute approximate surface area is 160 Å². The number of nitrogens with zero attached hydrogens (tertiary/aromatic N) is 3. The smallest absolute Gasteiger partial charge is 0.103 e. The summed E-state index contributed by atoms with van der Waals surface area (Å²) in [6.45, 7) is 6.19. The highest BCUT2D eigenvalue weighted by molar-refractivity contribution is 9.10. The molecule has 0 amide bonds. The first kappa shape index (κ1) is 16.9. The number of fused-ring (bicyclic) bond motifs is 1. The average Bonchev–Trinajstić information content (AvgIpc) is 3.03. The summed E-state index contributed by atoms with van der Waals surface area (Å²) in [5, 5.41) is 0.803. The van der Waals surface area contributed by atoms with Crippen molar-refractivity contribution in [1.29, 1.82) is 0 Å². The number of halogens is 2. The summed E-state index contributed by atoms with van der Waals surface area (Å²) in [6.07, 6.45) is 1.90. The molecule has 1 aromatic heterocycles. The van der Waals surface area contributed by atoms with E-state index in [1.807, 2.05) is 18.5 Å². The predicted molar refractivity (Wildman–Crippen MR) is 106 cm³/mol. The molecule has 1 saturated heterocycles. The third-order valence-electron chi connectivity index (χ3n) is 4.76. The second kappa shape index (κ2) is 6.98. The molecular formula is C19H19BrClN3O. The molecule has 0 spiro atoms. The molecule has 0 unspecified atom stereocenters. The molecular weight excluding hydrogens is 402 g/mol. The molecule has 130 valence electrons. The van der Waals surface area contributed by atoms with E-state index in [4.69, 9.17) is 16.3 Å². The highest BCUT2D eigenvalue weighted by Gasteiger charge is 2.16. The maximum Gasteiger partial charge on any atom is 0.103 e. The van der Waals surface area contributed by atoms with Crippen molar-refractivity contribution in [3.8, 4) is 0 Å². The SMILES string of the molecule is Cc1c(Cl)cccc1Cn1cnc2c(Br)cc(N3CCOCC3)cc21. The first-order chi connectivity index (χ1) is 12.1. The zero-order valence-corrected chi connectivity index (χ0v) is 16.3. The van der Waals surface area contributed by atoms with E-state index < -0.39 is 0 Å². The maximum absolute atomic E-state index is 6.27. The molecule has 2 heterocycles. The summed E-state index contributed by atoms with van der Waals surface area (Å²) in [7, 11) is 0. The molecule has 0 saturated carbocycles. The van der Waals surface area contributed by atoms with E-state index in [0.29, 0.717) is 0 Å². The fourth-order valence-corrected chi connectivity index (χ4v) is 3.98. The number of hydrogen-bond donors (Lipinski definition) is 0. The minimum Gasteiger partial charge on any atom is -0.378 e. The molecule has 2 aromatic carbocycles. The van der Waals surface area contributed by atoms with Gasteiger partial charge in [0.05, 0.1) is 25.1 Å². The van der Waals surface area contributed by atoms with Crippen molar-refractivity contribution in [3.63, 3.8) is 0 Å². The van der Waals surface area contributed by atoms with Crippen molar-refractivity contribution in [3.05, 3.63) is 57.3 Å². The van der Waals surface area contributed by atoms with Gasteiger partial charge in [-0.05, 0) is 52.2 Å². The van der Waals surface area contributed by atoms with Crippen LogP contribution in [0, 0.1) is 6.92 Å². The third-order valence-corrected chi connectivity index (χ3v) is 5.77. The van der Waals surface area contributed by atoms with Gasteiger partial charge in [0.25, 0.3) is 0 Å². The molecule has 1 aliphatic rings. The molecule has 4 rings (SSSR count). The number of ether oxygens (including phenoxy) is 1. The Morgan fingerprint density at radius 1 is 1.24 bits per heavy atom. The summed E-state index contributed by atoms with van der Waals surface area (Å²) >= 11 is 9.96. The second-order valence-electron chi connectivity index (χ2n) is 6.29. The van der Waals surface area contributed by atoms with Gasteiger partial charge in [0.1, 0.15) is 5.52 Å². The molecule has 25 heavy (non-hydrogen) atoms. The third kappa shape index (κ3) is 3.28. The zero-order valence-electron chi connectivity index (χ0n) is 14.0. The van der Waals surface area contributed by atoms with E-state index >= 15 is 0 Å². The fourth-order valence-electron chi connectivity index (χ4n) is 3.24. The van der Waals surface area contributed by atoms with Crippen LogP contribution in [-0.4, -0.2) is 35.9 Å². The molecule has 6 heteroatoms. The van der Waals surface area contributed by atoms with Crippen LogP contribution in [0.3, 0.4) is 0 Å². The Bertz CT molecular complexity index is 918. The van der Waals surface area contributed by atoms with Gasteiger partial charge >= 0.3 is 0 Å². The Hall–Kier alpha value is -1.56. The Kier molecular flexibility index (Phi) is 4.71. The lowest BCUT2D eigenvalue weighted by molar-refractivity contribution is 0.122. The molecule has 3 aromatic rings. The number of benzene rings is 2. The second-order valence-corrected chi connectivity index (χ2v) is 7.55. The van der Waals surface area contributed by atoms with Crippen LogP contribution in [0.25, 0.3) is 11.0 Å². The largest absolute Gasteiger partial charge is 0.378 e. The van der Waals surface area contributed by atoms with Gasteiger partial charge in [0.2, 0.25) is 0 Å². The monoisotopic (exact) mass is 419 g/mol. The number of imidazole rings is 1. The van der Waals surface area contributed by atoms with E-state index in [1.165, 1.54) is 11.3 Å². The molecule has 4 nitrogen and oxygen atoms in total. The van der Waals surface area contributed by atoms with Crippen LogP contribution in [0.4, 0.5) is 5.69 Å². The lowest BCUT2D eigenvalue weighted by Crippen LogP contribution is -2.36. The number of rotatable bonds is 3. The number of morpholine rings is 1. The number of aromatic nitrogens is 2. The Morgan fingerprint density at radius 2 is 2.04 bits per heavy atom. The van der Waals surface area contributed by atoms with Gasteiger partial charge in [-0.3, -0.25) is 0 Å². The van der Waals surface area contributed by atoms with Gasteiger partial charge in [-0.15, -0.1) is 0 Å². The van der Waals surface area contributed by atoms with E-state index in [2.05, 4.69) is 55.5 Å². The van der Waals surface area contributed by atoms with Crippen LogP contribution in [0.1, 0.15) is 11.1 Å². The maximum atomic E-state index is 6.27. The topological polar surface area (TPSA) is 30.3 Å². The minimum absolute atomic E-state index is 0.752. The highest BCUT2D eigenvalue weighted by atomic mass is 79.9. The van der Waals surface area contributed by atoms with E-state index in [-0.39, 0.29) is 0 Å². The molecule has 0 atom stereocenters. The predicted octanol–water partition coefficient (Wildman–Crippen LogP) is 4.65. The van der Waals surface area contributed by atoms with Crippen LogP contribution in [-0.2, 0) is 11.3 Å². The quantitative estimate of drug-likeness (QED) is 0.618. The summed E-state index contributed by atoms with van der Waals surface area (Å²) in [6, 6.07) is 10.4. The van der Waals surface area contributed by atoms with Crippen LogP contribution in [0.5, 0.6) is 0 Å². The van der Waals surface area contributed by atoms with Crippen molar-refractivity contribution in [1.82, 2.24) is 9.55 Å². The van der Waals surface area contributed by atoms with Gasteiger partial charge in [-0.2, -0.15) is 0 Å². The van der Waals surface area contributed by atoms with Gasteiger partial charge in [-0.1, -0.05) is 23.7 Å². The zero-order chi connectivity index (χ0) is 17.4. The summed E-state index contributed by atoms with van der Waals surface area (Å²) in [4.78, 5) is 6.95. The van der Waals surface area contributed by atoms with Gasteiger partial charge in [-0.25, -0.2) is 4.98 Å². The van der Waals surface area contributed by atoms with Gasteiger partial charge in [0, 0.05) is 34.8 Å². The molecule has 1 fully saturated rings. The number of anilines is 1. The van der Waals surface area contributed by atoms with E-state index in [0.717, 1.165) is 58.9 Å². The van der Waals surface area contributed by atoms with Crippen LogP contribution in [0.2, 0.25) is 5.02 Å². The summed E-state index contributed by atoms with van der Waals surface area (Å²) in [5.41, 5.74) is 5.63. The van der Waals surface area contributed by atoms with Crippen molar-refractivity contribution in [2.24, 2.45) is 0 Å². The van der Waals surface area contributed by atoms with Crippen molar-refractivity contribution in [2.75, 3.05) is 31.2 Å². The lowest BCUT2D eigenvalue weighted by Gasteiger charge is -2.29. The van der Waals surface area contributed by atoms with Crippen molar-refractivity contribution >= 4 is 44.3 Å². The average molecular weight is 421 g/mol. The van der Waals surface area contributed by atoms with E-state index in [9.17, 15) is 0 Å². The van der Waals surface area contributed by atoms with Crippen LogP contribution in [0.15, 0.2) is 41.1 Å². The summed E-state index contributed by atoms with van der Waals surface area (Å²) < 4.78 is 8.67. The van der Waals surface area contributed by atoms with Crippen molar-refractivity contribution < 1.29 is 4.74 Å². The molecule has 1 aliphatic heterocycles. The minimum atomic E-state index is 0.752. The Morgan fingerprint density at radius 3 is 2.84 bits per heavy atom. The first-order valence-electron chi connectivity index (χ1n) is 8.34. The van der Waals surface area contributed by atoms with Gasteiger partial charge in [0.15, 0.2) is 0 Å². The molecule has 0 radical (unpaired) electrons. The lowest BCUT2D eigenvalue weighted by atomic mass is 10.1. The summed E-state index contributed by atoms with van der Waals surface area (Å²) in [5.74, 6) is 0. The molecule has 0 aliphatic carbocycles. The van der Waals surface area contributed by atoms with Crippen LogP contribution < -0.4 is 4.90 Å². The highest BCUT2D eigenvalue weighted by Crippen LogP contribution is 2.30. The molecule has 0 bridgehead atoms. The molecule has 0 N–H and O–H groups in total. The van der Waals surface area contributed by atoms with Gasteiger partial charge < -0.3 is 14.2 Å². The fraction of sp³-hybridized carbons (Fsp3) is 0.316. The van der Waals surface area contributed by atoms with Crippen molar-refractivity contribution in [2.45, 2.75) is 13.5 Å². The Balaban J connectivity index is 1.74.